The lowest BCUT2D eigenvalue weighted by atomic mass is 9.86. The average Bonchev–Trinajstić information content (AvgIpc) is 2.57. The molecule has 4 heteroatoms. The van der Waals surface area contributed by atoms with Gasteiger partial charge in [-0.2, -0.15) is 0 Å². The highest BCUT2D eigenvalue weighted by atomic mass is 16.5. The molecule has 1 saturated carbocycles. The topological polar surface area (TPSA) is 47.6 Å². The van der Waals surface area contributed by atoms with Gasteiger partial charge in [-0.25, -0.2) is 0 Å². The third kappa shape index (κ3) is 4.88. The second-order valence-corrected chi connectivity index (χ2v) is 6.41. The van der Waals surface area contributed by atoms with Crippen LogP contribution in [0.4, 0.5) is 0 Å². The molecule has 0 aromatic heterocycles. The second kappa shape index (κ2) is 8.80. The molecule has 1 amide bonds. The lowest BCUT2D eigenvalue weighted by Gasteiger charge is -2.29. The van der Waals surface area contributed by atoms with Crippen LogP contribution >= 0.6 is 0 Å². The molecule has 128 valence electrons. The van der Waals surface area contributed by atoms with E-state index < -0.39 is 0 Å². The molecule has 1 aromatic rings. The minimum absolute atomic E-state index is 0.0258. The number of hydrogen-bond acceptors (Lipinski definition) is 3. The number of hydrogen-bond donors (Lipinski definition) is 1. The van der Waals surface area contributed by atoms with Gasteiger partial charge in [0.1, 0.15) is 0 Å². The van der Waals surface area contributed by atoms with E-state index in [1.807, 2.05) is 12.1 Å². The van der Waals surface area contributed by atoms with Crippen LogP contribution in [0.3, 0.4) is 0 Å². The van der Waals surface area contributed by atoms with Gasteiger partial charge < -0.3 is 14.8 Å². The largest absolute Gasteiger partial charge is 0.493 e. The van der Waals surface area contributed by atoms with Crippen molar-refractivity contribution in [3.8, 4) is 11.5 Å². The van der Waals surface area contributed by atoms with Gasteiger partial charge in [0, 0.05) is 11.6 Å². The molecule has 1 N–H and O–H groups in total. The van der Waals surface area contributed by atoms with Crippen LogP contribution in [0, 0.1) is 5.92 Å². The molecule has 0 radical (unpaired) electrons. The molecule has 2 atom stereocenters. The number of amides is 1. The minimum Gasteiger partial charge on any atom is -0.493 e. The Morgan fingerprint density at radius 1 is 1.26 bits per heavy atom. The van der Waals surface area contributed by atoms with E-state index in [0.717, 1.165) is 19.3 Å². The van der Waals surface area contributed by atoms with Crippen LogP contribution < -0.4 is 14.8 Å². The fraction of sp³-hybridized carbons (Fsp3) is 0.632. The van der Waals surface area contributed by atoms with E-state index in [9.17, 15) is 4.79 Å². The summed E-state index contributed by atoms with van der Waals surface area (Å²) in [5.74, 6) is 1.84. The molecule has 1 aliphatic carbocycles. The van der Waals surface area contributed by atoms with Crippen molar-refractivity contribution >= 4 is 5.91 Å². The Kier molecular flexibility index (Phi) is 6.75. The van der Waals surface area contributed by atoms with Gasteiger partial charge in [0.25, 0.3) is 5.91 Å². The summed E-state index contributed by atoms with van der Waals surface area (Å²) in [6.45, 7) is 5.01. The molecule has 4 nitrogen and oxygen atoms in total. The first kappa shape index (κ1) is 17.6. The first-order valence-corrected chi connectivity index (χ1v) is 8.77. The highest BCUT2D eigenvalue weighted by Crippen LogP contribution is 2.29. The SMILES string of the molecule is CCCCOc1ccc(C(=O)N[C@H]2CCCC[C@H]2C)cc1OC. The van der Waals surface area contributed by atoms with Crippen LogP contribution in [-0.4, -0.2) is 25.7 Å². The number of carbonyl (C=O) groups is 1. The monoisotopic (exact) mass is 319 g/mol. The van der Waals surface area contributed by atoms with E-state index in [-0.39, 0.29) is 11.9 Å². The van der Waals surface area contributed by atoms with Crippen molar-refractivity contribution in [2.45, 2.75) is 58.4 Å². The highest BCUT2D eigenvalue weighted by molar-refractivity contribution is 5.95. The van der Waals surface area contributed by atoms with E-state index in [1.54, 1.807) is 13.2 Å². The summed E-state index contributed by atoms with van der Waals surface area (Å²) >= 11 is 0. The maximum absolute atomic E-state index is 12.5. The number of unbranched alkanes of at least 4 members (excludes halogenated alkanes) is 1. The number of carbonyl (C=O) groups excluding carboxylic acids is 1. The normalized spacial score (nSPS) is 20.8. The lowest BCUT2D eigenvalue weighted by molar-refractivity contribution is 0.0910. The number of nitrogens with one attached hydrogen (secondary N) is 1. The van der Waals surface area contributed by atoms with Crippen molar-refractivity contribution < 1.29 is 14.3 Å². The first-order chi connectivity index (χ1) is 11.2. The molecule has 0 unspecified atom stereocenters. The zero-order valence-electron chi connectivity index (χ0n) is 14.6. The maximum Gasteiger partial charge on any atom is 0.251 e. The maximum atomic E-state index is 12.5. The molecule has 2 rings (SSSR count). The number of methoxy groups -OCH3 is 1. The van der Waals surface area contributed by atoms with Gasteiger partial charge in [-0.05, 0) is 43.4 Å². The number of rotatable bonds is 7. The molecule has 0 aliphatic heterocycles. The Balaban J connectivity index is 2.02. The Morgan fingerprint density at radius 3 is 2.74 bits per heavy atom. The van der Waals surface area contributed by atoms with Crippen LogP contribution in [0.2, 0.25) is 0 Å². The second-order valence-electron chi connectivity index (χ2n) is 6.41. The fourth-order valence-electron chi connectivity index (χ4n) is 3.04. The van der Waals surface area contributed by atoms with Gasteiger partial charge in [-0.1, -0.05) is 33.1 Å². The molecule has 0 bridgehead atoms. The molecule has 1 fully saturated rings. The molecular weight excluding hydrogens is 290 g/mol. The number of benzene rings is 1. The molecule has 23 heavy (non-hydrogen) atoms. The standard InChI is InChI=1S/C19H29NO3/c1-4-5-12-23-17-11-10-15(13-18(17)22-3)19(21)20-16-9-7-6-8-14(16)2/h10-11,13-14,16H,4-9,12H2,1-3H3,(H,20,21)/t14-,16+/m1/s1. The van der Waals surface area contributed by atoms with Gasteiger partial charge in [-0.15, -0.1) is 0 Å². The Bertz CT molecular complexity index is 515. The molecule has 0 heterocycles. The van der Waals surface area contributed by atoms with Crippen LogP contribution in [0.5, 0.6) is 11.5 Å². The third-order valence-corrected chi connectivity index (χ3v) is 4.61. The fourth-order valence-corrected chi connectivity index (χ4v) is 3.04. The summed E-state index contributed by atoms with van der Waals surface area (Å²) in [6, 6.07) is 5.69. The van der Waals surface area contributed by atoms with Crippen molar-refractivity contribution in [2.24, 2.45) is 5.92 Å². The van der Waals surface area contributed by atoms with Crippen LogP contribution in [-0.2, 0) is 0 Å². The van der Waals surface area contributed by atoms with Gasteiger partial charge in [0.15, 0.2) is 11.5 Å². The van der Waals surface area contributed by atoms with E-state index in [2.05, 4.69) is 19.2 Å². The Morgan fingerprint density at radius 2 is 2.04 bits per heavy atom. The summed E-state index contributed by atoms with van der Waals surface area (Å²) < 4.78 is 11.1. The van der Waals surface area contributed by atoms with Crippen molar-refractivity contribution in [2.75, 3.05) is 13.7 Å². The smallest absolute Gasteiger partial charge is 0.251 e. The summed E-state index contributed by atoms with van der Waals surface area (Å²) in [7, 11) is 1.60. The molecule has 0 saturated heterocycles. The van der Waals surface area contributed by atoms with Crippen LogP contribution in [0.1, 0.15) is 62.7 Å². The summed E-state index contributed by atoms with van der Waals surface area (Å²) in [4.78, 5) is 12.5. The van der Waals surface area contributed by atoms with E-state index in [1.165, 1.54) is 19.3 Å². The summed E-state index contributed by atoms with van der Waals surface area (Å²) in [6.07, 6.45) is 6.82. The molecule has 1 aromatic carbocycles. The Labute approximate surface area is 139 Å². The summed E-state index contributed by atoms with van der Waals surface area (Å²) in [5, 5.41) is 3.17. The van der Waals surface area contributed by atoms with Crippen molar-refractivity contribution in [3.05, 3.63) is 23.8 Å². The van der Waals surface area contributed by atoms with Gasteiger partial charge >= 0.3 is 0 Å². The lowest BCUT2D eigenvalue weighted by Crippen LogP contribution is -2.41. The predicted octanol–water partition coefficient (Wildman–Crippen LogP) is 4.18. The van der Waals surface area contributed by atoms with Crippen LogP contribution in [0.25, 0.3) is 0 Å². The van der Waals surface area contributed by atoms with Gasteiger partial charge in [0.2, 0.25) is 0 Å². The summed E-state index contributed by atoms with van der Waals surface area (Å²) in [5.41, 5.74) is 0.627. The van der Waals surface area contributed by atoms with E-state index in [4.69, 9.17) is 9.47 Å². The van der Waals surface area contributed by atoms with Crippen molar-refractivity contribution in [1.29, 1.82) is 0 Å². The quantitative estimate of drug-likeness (QED) is 0.767. The minimum atomic E-state index is -0.0258. The van der Waals surface area contributed by atoms with E-state index >= 15 is 0 Å². The van der Waals surface area contributed by atoms with Gasteiger partial charge in [0.05, 0.1) is 13.7 Å². The Hall–Kier alpha value is -1.71. The molecule has 1 aliphatic rings. The van der Waals surface area contributed by atoms with Crippen molar-refractivity contribution in [3.63, 3.8) is 0 Å². The average molecular weight is 319 g/mol. The zero-order chi connectivity index (χ0) is 16.7. The molecular formula is C19H29NO3. The first-order valence-electron chi connectivity index (χ1n) is 8.77. The zero-order valence-corrected chi connectivity index (χ0v) is 14.6. The van der Waals surface area contributed by atoms with E-state index in [0.29, 0.717) is 29.6 Å². The van der Waals surface area contributed by atoms with Crippen molar-refractivity contribution in [1.82, 2.24) is 5.32 Å². The molecule has 0 spiro atoms. The predicted molar refractivity (Wildman–Crippen MR) is 92.3 cm³/mol. The van der Waals surface area contributed by atoms with Crippen LogP contribution in [0.15, 0.2) is 18.2 Å². The third-order valence-electron chi connectivity index (χ3n) is 4.61. The van der Waals surface area contributed by atoms with Gasteiger partial charge in [-0.3, -0.25) is 4.79 Å². The number of ether oxygens (including phenoxy) is 2. The highest BCUT2D eigenvalue weighted by Gasteiger charge is 2.23.